The number of amides is 2. The molecule has 0 unspecified atom stereocenters. The largest absolute Gasteiger partial charge is 0.480 e. The maximum absolute atomic E-state index is 11.8. The fourth-order valence-electron chi connectivity index (χ4n) is 2.30. The molecule has 1 aliphatic rings. The highest BCUT2D eigenvalue weighted by Gasteiger charge is 2.41. The second-order valence-corrected chi connectivity index (χ2v) is 5.29. The lowest BCUT2D eigenvalue weighted by atomic mass is 9.90. The summed E-state index contributed by atoms with van der Waals surface area (Å²) >= 11 is 0. The molecule has 0 bridgehead atoms. The Morgan fingerprint density at radius 1 is 1.15 bits per heavy atom. The van der Waals surface area contributed by atoms with Crippen LogP contribution in [0.25, 0.3) is 0 Å². The van der Waals surface area contributed by atoms with Gasteiger partial charge in [-0.3, -0.25) is 0 Å². The summed E-state index contributed by atoms with van der Waals surface area (Å²) in [6.07, 6.45) is 6.22. The van der Waals surface area contributed by atoms with Gasteiger partial charge in [0.05, 0.1) is 0 Å². The van der Waals surface area contributed by atoms with Crippen LogP contribution in [0.2, 0.25) is 0 Å². The minimum absolute atomic E-state index is 0.312. The molecule has 0 atom stereocenters. The van der Waals surface area contributed by atoms with Gasteiger partial charge in [-0.15, -0.1) is 0 Å². The minimum atomic E-state index is -1.18. The number of hydrogen-bond acceptors (Lipinski definition) is 3. The lowest BCUT2D eigenvalue weighted by Crippen LogP contribution is -2.59. The first kappa shape index (κ1) is 16.8. The van der Waals surface area contributed by atoms with E-state index in [1.165, 1.54) is 19.3 Å². The van der Waals surface area contributed by atoms with Gasteiger partial charge in [-0.2, -0.15) is 0 Å². The zero-order valence-electron chi connectivity index (χ0n) is 12.2. The van der Waals surface area contributed by atoms with E-state index < -0.39 is 17.5 Å². The van der Waals surface area contributed by atoms with Gasteiger partial charge >= 0.3 is 12.0 Å². The van der Waals surface area contributed by atoms with Gasteiger partial charge in [0.1, 0.15) is 5.54 Å². The number of carbonyl (C=O) groups is 2. The molecule has 1 saturated heterocycles. The van der Waals surface area contributed by atoms with Crippen molar-refractivity contribution in [1.29, 1.82) is 0 Å². The molecule has 6 heteroatoms. The van der Waals surface area contributed by atoms with E-state index in [-0.39, 0.29) is 0 Å². The van der Waals surface area contributed by atoms with E-state index in [1.54, 1.807) is 0 Å². The number of carboxylic acid groups (broad SMARTS) is 1. The number of aliphatic carboxylic acids is 1. The van der Waals surface area contributed by atoms with Crippen molar-refractivity contribution in [1.82, 2.24) is 10.6 Å². The first-order chi connectivity index (χ1) is 9.60. The van der Waals surface area contributed by atoms with Crippen LogP contribution in [0.1, 0.15) is 51.9 Å². The maximum Gasteiger partial charge on any atom is 0.329 e. The quantitative estimate of drug-likeness (QED) is 0.595. The molecule has 20 heavy (non-hydrogen) atoms. The van der Waals surface area contributed by atoms with Crippen LogP contribution >= 0.6 is 0 Å². The molecular formula is C14H26N2O4. The summed E-state index contributed by atoms with van der Waals surface area (Å²) in [5.74, 6) is -0.987. The Morgan fingerprint density at radius 2 is 1.80 bits per heavy atom. The highest BCUT2D eigenvalue weighted by atomic mass is 16.5. The molecular weight excluding hydrogens is 260 g/mol. The van der Waals surface area contributed by atoms with E-state index in [9.17, 15) is 14.7 Å². The number of unbranched alkanes of at least 4 members (excludes halogenated alkanes) is 4. The summed E-state index contributed by atoms with van der Waals surface area (Å²) in [5.41, 5.74) is -1.18. The summed E-state index contributed by atoms with van der Waals surface area (Å²) in [6, 6.07) is -0.398. The molecule has 116 valence electrons. The van der Waals surface area contributed by atoms with Crippen molar-refractivity contribution < 1.29 is 19.4 Å². The highest BCUT2D eigenvalue weighted by molar-refractivity contribution is 5.86. The van der Waals surface area contributed by atoms with Crippen LogP contribution in [-0.2, 0) is 9.53 Å². The van der Waals surface area contributed by atoms with Crippen LogP contribution in [0, 0.1) is 0 Å². The van der Waals surface area contributed by atoms with E-state index in [4.69, 9.17) is 4.74 Å². The third kappa shape index (κ3) is 5.36. The number of carbonyl (C=O) groups excluding carboxylic acids is 1. The average molecular weight is 286 g/mol. The number of rotatable bonds is 8. The maximum atomic E-state index is 11.8. The summed E-state index contributed by atoms with van der Waals surface area (Å²) in [6.45, 7) is 3.47. The Labute approximate surface area is 120 Å². The predicted octanol–water partition coefficient (Wildman–Crippen LogP) is 1.89. The SMILES string of the molecule is CCCCCCCNC(=O)NC1(C(=O)O)CCOCC1. The molecule has 1 heterocycles. The Kier molecular flexibility index (Phi) is 7.36. The highest BCUT2D eigenvalue weighted by Crippen LogP contribution is 2.20. The Morgan fingerprint density at radius 3 is 2.40 bits per heavy atom. The zero-order valence-corrected chi connectivity index (χ0v) is 12.2. The van der Waals surface area contributed by atoms with Gasteiger partial charge in [-0.25, -0.2) is 9.59 Å². The van der Waals surface area contributed by atoms with Crippen LogP contribution < -0.4 is 10.6 Å². The molecule has 3 N–H and O–H groups in total. The topological polar surface area (TPSA) is 87.7 Å². The molecule has 0 aromatic rings. The third-order valence-electron chi connectivity index (χ3n) is 3.67. The predicted molar refractivity (Wildman–Crippen MR) is 75.7 cm³/mol. The molecule has 0 aromatic carbocycles. The third-order valence-corrected chi connectivity index (χ3v) is 3.67. The number of ether oxygens (including phenoxy) is 1. The fourth-order valence-corrected chi connectivity index (χ4v) is 2.30. The molecule has 1 aliphatic heterocycles. The smallest absolute Gasteiger partial charge is 0.329 e. The second-order valence-electron chi connectivity index (χ2n) is 5.29. The number of nitrogens with one attached hydrogen (secondary N) is 2. The van der Waals surface area contributed by atoms with Crippen molar-refractivity contribution in [3.63, 3.8) is 0 Å². The molecule has 1 fully saturated rings. The fraction of sp³-hybridized carbons (Fsp3) is 0.857. The van der Waals surface area contributed by atoms with Crippen LogP contribution in [-0.4, -0.2) is 42.4 Å². The lowest BCUT2D eigenvalue weighted by molar-refractivity contribution is -0.148. The number of urea groups is 1. The number of hydrogen-bond donors (Lipinski definition) is 3. The van der Waals surface area contributed by atoms with Crippen molar-refractivity contribution in [2.24, 2.45) is 0 Å². The first-order valence-corrected chi connectivity index (χ1v) is 7.48. The average Bonchev–Trinajstić information content (AvgIpc) is 2.43. The zero-order chi connectivity index (χ0) is 14.8. The van der Waals surface area contributed by atoms with E-state index in [2.05, 4.69) is 17.6 Å². The molecule has 2 amide bonds. The normalized spacial score (nSPS) is 17.4. The lowest BCUT2D eigenvalue weighted by Gasteiger charge is -2.33. The van der Waals surface area contributed by atoms with Gasteiger partial charge < -0.3 is 20.5 Å². The molecule has 6 nitrogen and oxygen atoms in total. The van der Waals surface area contributed by atoms with Crippen LogP contribution in [0.15, 0.2) is 0 Å². The van der Waals surface area contributed by atoms with Crippen molar-refractivity contribution >= 4 is 12.0 Å². The molecule has 1 rings (SSSR count). The molecule has 0 aromatic heterocycles. The molecule has 0 saturated carbocycles. The van der Waals surface area contributed by atoms with Crippen LogP contribution in [0.5, 0.6) is 0 Å². The summed E-state index contributed by atoms with van der Waals surface area (Å²) < 4.78 is 5.16. The first-order valence-electron chi connectivity index (χ1n) is 7.48. The molecule has 0 radical (unpaired) electrons. The van der Waals surface area contributed by atoms with Gasteiger partial charge in [-0.1, -0.05) is 32.6 Å². The summed E-state index contributed by atoms with van der Waals surface area (Å²) in [7, 11) is 0. The standard InChI is InChI=1S/C14H26N2O4/c1-2-3-4-5-6-9-15-13(19)16-14(12(17)18)7-10-20-11-8-14/h2-11H2,1H3,(H,17,18)(H2,15,16,19). The van der Waals surface area contributed by atoms with Crippen molar-refractivity contribution in [3.8, 4) is 0 Å². The van der Waals surface area contributed by atoms with E-state index >= 15 is 0 Å². The van der Waals surface area contributed by atoms with E-state index in [0.717, 1.165) is 12.8 Å². The minimum Gasteiger partial charge on any atom is -0.480 e. The van der Waals surface area contributed by atoms with E-state index in [1.807, 2.05) is 0 Å². The monoisotopic (exact) mass is 286 g/mol. The summed E-state index contributed by atoms with van der Waals surface area (Å²) in [4.78, 5) is 23.1. The van der Waals surface area contributed by atoms with Gasteiger partial charge in [0.2, 0.25) is 0 Å². The number of carboxylic acids is 1. The van der Waals surface area contributed by atoms with Crippen LogP contribution in [0.4, 0.5) is 4.79 Å². The van der Waals surface area contributed by atoms with Crippen LogP contribution in [0.3, 0.4) is 0 Å². The van der Waals surface area contributed by atoms with Crippen molar-refractivity contribution in [2.45, 2.75) is 57.4 Å². The second kappa shape index (κ2) is 8.79. The van der Waals surface area contributed by atoms with E-state index in [0.29, 0.717) is 32.6 Å². The molecule has 0 aliphatic carbocycles. The summed E-state index contributed by atoms with van der Waals surface area (Å²) in [5, 5.41) is 14.6. The Balaban J connectivity index is 2.27. The van der Waals surface area contributed by atoms with Gasteiger partial charge in [-0.05, 0) is 6.42 Å². The van der Waals surface area contributed by atoms with Crippen molar-refractivity contribution in [3.05, 3.63) is 0 Å². The van der Waals surface area contributed by atoms with Gasteiger partial charge in [0, 0.05) is 32.6 Å². The Hall–Kier alpha value is -1.30. The van der Waals surface area contributed by atoms with Crippen molar-refractivity contribution in [2.75, 3.05) is 19.8 Å². The molecule has 0 spiro atoms. The van der Waals surface area contributed by atoms with Gasteiger partial charge in [0.15, 0.2) is 0 Å². The Bertz CT molecular complexity index is 314. The van der Waals surface area contributed by atoms with Gasteiger partial charge in [0.25, 0.3) is 0 Å².